The van der Waals surface area contributed by atoms with E-state index in [0.29, 0.717) is 0 Å². The minimum absolute atomic E-state index is 0. The first-order valence-electron chi connectivity index (χ1n) is 0.143. The number of rotatable bonds is 0. The summed E-state index contributed by atoms with van der Waals surface area (Å²) in [6.45, 7) is 0. The van der Waals surface area contributed by atoms with Crippen molar-refractivity contribution in [2.75, 3.05) is 0 Å². The summed E-state index contributed by atoms with van der Waals surface area (Å²) in [6, 6.07) is 0. The standard InChI is InChI=1S/F2.2H2O/c1-2;;/h;2*1H2. The Morgan fingerprint density at radius 1 is 0.750 bits per heavy atom. The molecular weight excluding hydrogens is 70.0 g/mol. The number of hydrogen-bond acceptors (Lipinski definition) is 0. The Bertz CT molecular complexity index is 4.00. The second-order valence-corrected chi connectivity index (χ2v) is 0. The second kappa shape index (κ2) is 182. The minimum Gasteiger partial charge on any atom is -0.412 e. The topological polar surface area (TPSA) is 63.0 Å². The predicted molar refractivity (Wildman–Crippen MR) is 9.44 cm³/mol. The van der Waals surface area contributed by atoms with Crippen molar-refractivity contribution in [2.24, 2.45) is 0 Å². The van der Waals surface area contributed by atoms with E-state index in [2.05, 4.69) is 0 Å². The van der Waals surface area contributed by atoms with Crippen LogP contribution in [-0.4, -0.2) is 11.0 Å². The molecule has 0 bridgehead atoms. The average molecular weight is 74.0 g/mol. The maximum Gasteiger partial charge on any atom is 0 e. The Hall–Kier alpha value is -0.220. The molecule has 0 atom stereocenters. The van der Waals surface area contributed by atoms with Crippen molar-refractivity contribution in [1.82, 2.24) is 0 Å². The van der Waals surface area contributed by atoms with E-state index in [4.69, 9.17) is 9.15 Å². The first-order chi connectivity index (χ1) is 1.00. The van der Waals surface area contributed by atoms with Gasteiger partial charge in [-0.1, -0.05) is 0 Å². The number of halogens is 2. The normalized spacial score (nSPS) is 1.50. The minimum atomic E-state index is 0. The highest BCUT2D eigenvalue weighted by molar-refractivity contribution is 2.11. The van der Waals surface area contributed by atoms with Gasteiger partial charge in [-0.05, 0) is 0 Å². The molecule has 0 saturated heterocycles. The van der Waals surface area contributed by atoms with Crippen LogP contribution in [-0.2, 0) is 0 Å². The molecule has 0 aromatic rings. The third-order valence-electron chi connectivity index (χ3n) is 0. The van der Waals surface area contributed by atoms with Crippen LogP contribution in [0.2, 0.25) is 0 Å². The van der Waals surface area contributed by atoms with Gasteiger partial charge in [-0.3, -0.25) is 0 Å². The highest BCUT2D eigenvalue weighted by atomic mass is 20.0. The van der Waals surface area contributed by atoms with Crippen LogP contribution in [0.5, 0.6) is 0 Å². The molecule has 0 unspecified atom stereocenters. The van der Waals surface area contributed by atoms with Crippen LogP contribution in [0.15, 0.2) is 0 Å². The summed E-state index contributed by atoms with van der Waals surface area (Å²) in [5.41, 5.74) is 0. The molecule has 0 saturated carbocycles. The van der Waals surface area contributed by atoms with Gasteiger partial charge in [-0.25, -0.2) is 0 Å². The van der Waals surface area contributed by atoms with Crippen molar-refractivity contribution < 1.29 is 20.1 Å². The molecule has 0 aliphatic rings. The van der Waals surface area contributed by atoms with Crippen LogP contribution in [0, 0.1) is 0 Å². The van der Waals surface area contributed by atoms with E-state index >= 15 is 0 Å². The summed E-state index contributed by atoms with van der Waals surface area (Å²) in [4.78, 5) is 0. The average Bonchev–Trinajstić information content (AvgIpc) is 1.00. The van der Waals surface area contributed by atoms with Crippen molar-refractivity contribution in [3.63, 3.8) is 0 Å². The molecule has 0 heterocycles. The van der Waals surface area contributed by atoms with Gasteiger partial charge in [0.1, 0.15) is 0 Å². The van der Waals surface area contributed by atoms with Gasteiger partial charge in [0.2, 0.25) is 0 Å². The Morgan fingerprint density at radius 3 is 0.750 bits per heavy atom. The second-order valence-electron chi connectivity index (χ2n) is 0. The fraction of sp³-hybridized carbons (Fsp3) is 0. The van der Waals surface area contributed by atoms with Gasteiger partial charge in [0.05, 0.1) is 0 Å². The van der Waals surface area contributed by atoms with Gasteiger partial charge in [-0.15, -0.1) is 0 Å². The van der Waals surface area contributed by atoms with E-state index < -0.39 is 0 Å². The Balaban J connectivity index is -0.00000000500. The van der Waals surface area contributed by atoms with E-state index in [1.807, 2.05) is 0 Å². The summed E-state index contributed by atoms with van der Waals surface area (Å²) in [5, 5.41) is 0. The van der Waals surface area contributed by atoms with Crippen molar-refractivity contribution >= 4 is 0 Å². The molecule has 0 aromatic heterocycles. The molecule has 4 N–H and O–H groups in total. The van der Waals surface area contributed by atoms with E-state index in [1.54, 1.807) is 0 Å². The van der Waals surface area contributed by atoms with E-state index in [9.17, 15) is 0 Å². The Morgan fingerprint density at radius 2 is 0.750 bits per heavy atom. The molecule has 0 amide bonds. The summed E-state index contributed by atoms with van der Waals surface area (Å²) in [5.74, 6) is 0. The van der Waals surface area contributed by atoms with Crippen LogP contribution in [0.3, 0.4) is 0 Å². The van der Waals surface area contributed by atoms with Gasteiger partial charge in [0.25, 0.3) is 0 Å². The Kier molecular flexibility index (Phi) is 2180. The molecule has 4 heteroatoms. The quantitative estimate of drug-likeness (QED) is 0.361. The lowest BCUT2D eigenvalue weighted by atomic mass is 16.0. The summed E-state index contributed by atoms with van der Waals surface area (Å²) in [6.07, 6.45) is 0. The van der Waals surface area contributed by atoms with Gasteiger partial charge in [0.15, 0.2) is 0 Å². The molecule has 2 nitrogen and oxygen atoms in total. The third-order valence-corrected chi connectivity index (χ3v) is 0. The molecule has 0 aliphatic heterocycles. The van der Waals surface area contributed by atoms with Gasteiger partial charge in [-0.2, -0.15) is 0 Å². The SMILES string of the molecule is FF.O.O. The maximum atomic E-state index is 8.00. The fourth-order valence-corrected chi connectivity index (χ4v) is 0. The molecule has 0 fully saturated rings. The fourth-order valence-electron chi connectivity index (χ4n) is 0. The summed E-state index contributed by atoms with van der Waals surface area (Å²) >= 11 is 0. The smallest absolute Gasteiger partial charge is 0 e. The first-order valence-corrected chi connectivity index (χ1v) is 0.143. The molecule has 0 spiro atoms. The molecular formula is H4F2O2. The molecule has 0 rings (SSSR count). The lowest BCUT2D eigenvalue weighted by Crippen LogP contribution is -0.580. The van der Waals surface area contributed by atoms with Crippen LogP contribution < -0.4 is 0 Å². The molecule has 4 heavy (non-hydrogen) atoms. The van der Waals surface area contributed by atoms with Crippen LogP contribution in [0.4, 0.5) is 9.15 Å². The van der Waals surface area contributed by atoms with Crippen LogP contribution >= 0.6 is 0 Å². The highest BCUT2D eigenvalue weighted by Gasteiger charge is 1.00. The van der Waals surface area contributed by atoms with Crippen LogP contribution in [0.1, 0.15) is 0 Å². The van der Waals surface area contributed by atoms with E-state index in [-0.39, 0.29) is 11.0 Å². The zero-order chi connectivity index (χ0) is 2.00. The van der Waals surface area contributed by atoms with Crippen molar-refractivity contribution in [3.8, 4) is 0 Å². The van der Waals surface area contributed by atoms with Gasteiger partial charge < -0.3 is 11.0 Å². The molecule has 0 aliphatic carbocycles. The lowest BCUT2D eigenvalue weighted by Gasteiger charge is -1.000. The molecule has 0 aromatic carbocycles. The van der Waals surface area contributed by atoms with Gasteiger partial charge in [0, 0.05) is 9.15 Å². The maximum absolute atomic E-state index is 8.00. The largest absolute Gasteiger partial charge is 0.412 e. The van der Waals surface area contributed by atoms with E-state index in [0.717, 1.165) is 0 Å². The Labute approximate surface area is 21.5 Å². The summed E-state index contributed by atoms with van der Waals surface area (Å²) in [7, 11) is 0. The zero-order valence-corrected chi connectivity index (χ0v) is 1.76. The monoisotopic (exact) mass is 74.0 g/mol. The van der Waals surface area contributed by atoms with Gasteiger partial charge >= 0.3 is 0 Å². The summed E-state index contributed by atoms with van der Waals surface area (Å²) < 4.78 is 16.0. The lowest BCUT2D eigenvalue weighted by molar-refractivity contribution is 0.108. The molecule has 30 valence electrons. The first kappa shape index (κ1) is 48.0. The highest BCUT2D eigenvalue weighted by Crippen LogP contribution is 1.42. The van der Waals surface area contributed by atoms with Crippen molar-refractivity contribution in [2.45, 2.75) is 0 Å². The van der Waals surface area contributed by atoms with Crippen molar-refractivity contribution in [3.05, 3.63) is 0 Å². The number of hydrogen-bond donors (Lipinski definition) is 0. The third kappa shape index (κ3) is 22.4. The zero-order valence-electron chi connectivity index (χ0n) is 1.76. The predicted octanol–water partition coefficient (Wildman–Crippen LogP) is -0.809. The molecule has 0 radical (unpaired) electrons. The van der Waals surface area contributed by atoms with Crippen LogP contribution in [0.25, 0.3) is 0 Å². The van der Waals surface area contributed by atoms with Crippen molar-refractivity contribution in [1.29, 1.82) is 0 Å². The van der Waals surface area contributed by atoms with E-state index in [1.165, 1.54) is 0 Å².